The summed E-state index contributed by atoms with van der Waals surface area (Å²) in [7, 11) is 0. The second-order valence-electron chi connectivity index (χ2n) is 8.10. The number of anilines is 1. The Bertz CT molecular complexity index is 1070. The van der Waals surface area contributed by atoms with E-state index in [0.29, 0.717) is 18.0 Å². The van der Waals surface area contributed by atoms with Gasteiger partial charge in [0.15, 0.2) is 0 Å². The van der Waals surface area contributed by atoms with Gasteiger partial charge in [-0.15, -0.1) is 0 Å². The lowest BCUT2D eigenvalue weighted by molar-refractivity contribution is -0.384. The molecule has 0 atom stereocenters. The van der Waals surface area contributed by atoms with Crippen LogP contribution in [-0.2, 0) is 6.42 Å². The molecule has 1 aliphatic heterocycles. The number of nitro groups is 1. The van der Waals surface area contributed by atoms with Gasteiger partial charge in [0.1, 0.15) is 5.82 Å². The van der Waals surface area contributed by atoms with E-state index in [4.69, 9.17) is 4.98 Å². The van der Waals surface area contributed by atoms with Crippen molar-refractivity contribution in [3.05, 3.63) is 81.2 Å². The highest BCUT2D eigenvalue weighted by Gasteiger charge is 2.22. The Balaban J connectivity index is 1.23. The van der Waals surface area contributed by atoms with Gasteiger partial charge in [-0.25, -0.2) is 4.98 Å². The molecule has 1 fully saturated rings. The molecule has 0 unspecified atom stereocenters. The minimum absolute atomic E-state index is 0.0207. The molecule has 1 aliphatic rings. The first kappa shape index (κ1) is 21.9. The van der Waals surface area contributed by atoms with Crippen molar-refractivity contribution in [2.75, 3.05) is 24.5 Å². The number of aromatic nitrogens is 2. The monoisotopic (exact) mass is 451 g/mol. The van der Waals surface area contributed by atoms with Crippen LogP contribution in [-0.4, -0.2) is 39.8 Å². The van der Waals surface area contributed by atoms with Crippen LogP contribution in [0.25, 0.3) is 0 Å². The van der Waals surface area contributed by atoms with Crippen molar-refractivity contribution in [3.63, 3.8) is 0 Å². The van der Waals surface area contributed by atoms with Crippen LogP contribution >= 0.6 is 11.5 Å². The molecule has 2 aromatic carbocycles. The summed E-state index contributed by atoms with van der Waals surface area (Å²) in [5.41, 5.74) is 2.87. The second kappa shape index (κ2) is 9.86. The molecule has 9 heteroatoms. The molecule has 0 radical (unpaired) electrons. The number of benzene rings is 2. The SMILES string of the molecule is Cc1ccc(Cc2nsc(N3CCC(CNC(=O)c4ccc([N+](=O)[O-])cc4)CC3)n2)cc1. The van der Waals surface area contributed by atoms with Crippen molar-refractivity contribution in [3.8, 4) is 0 Å². The number of rotatable bonds is 7. The fourth-order valence-electron chi connectivity index (χ4n) is 3.74. The van der Waals surface area contributed by atoms with Gasteiger partial charge < -0.3 is 10.2 Å². The number of hydrogen-bond acceptors (Lipinski definition) is 7. The quantitative estimate of drug-likeness (QED) is 0.430. The Morgan fingerprint density at radius 2 is 1.84 bits per heavy atom. The van der Waals surface area contributed by atoms with Crippen LogP contribution in [0.1, 0.15) is 40.2 Å². The topological polar surface area (TPSA) is 101 Å². The molecule has 4 rings (SSSR count). The Kier molecular flexibility index (Phi) is 6.75. The van der Waals surface area contributed by atoms with Gasteiger partial charge >= 0.3 is 0 Å². The molecule has 0 saturated carbocycles. The van der Waals surface area contributed by atoms with Crippen LogP contribution in [0.2, 0.25) is 0 Å². The van der Waals surface area contributed by atoms with Crippen molar-refractivity contribution < 1.29 is 9.72 Å². The number of amides is 1. The largest absolute Gasteiger partial charge is 0.352 e. The molecule has 1 saturated heterocycles. The summed E-state index contributed by atoms with van der Waals surface area (Å²) in [5.74, 6) is 1.05. The molecule has 32 heavy (non-hydrogen) atoms. The van der Waals surface area contributed by atoms with Gasteiger partial charge in [0.05, 0.1) is 4.92 Å². The third kappa shape index (κ3) is 5.47. The highest BCUT2D eigenvalue weighted by atomic mass is 32.1. The van der Waals surface area contributed by atoms with Crippen LogP contribution < -0.4 is 10.2 Å². The summed E-state index contributed by atoms with van der Waals surface area (Å²) in [6, 6.07) is 14.1. The third-order valence-corrected chi connectivity index (χ3v) is 6.53. The van der Waals surface area contributed by atoms with E-state index in [2.05, 4.69) is 45.8 Å². The van der Waals surface area contributed by atoms with Gasteiger partial charge in [0, 0.05) is 55.3 Å². The highest BCUT2D eigenvalue weighted by Crippen LogP contribution is 2.25. The Labute approximate surface area is 190 Å². The molecule has 8 nitrogen and oxygen atoms in total. The molecule has 166 valence electrons. The number of carbonyl (C=O) groups excluding carboxylic acids is 1. The summed E-state index contributed by atoms with van der Waals surface area (Å²) < 4.78 is 4.53. The van der Waals surface area contributed by atoms with Crippen molar-refractivity contribution >= 4 is 28.3 Å². The predicted octanol–water partition coefficient (Wildman–Crippen LogP) is 3.99. The summed E-state index contributed by atoms with van der Waals surface area (Å²) in [6.07, 6.45) is 2.67. The van der Waals surface area contributed by atoms with E-state index in [9.17, 15) is 14.9 Å². The van der Waals surface area contributed by atoms with E-state index >= 15 is 0 Å². The Morgan fingerprint density at radius 3 is 2.50 bits per heavy atom. The highest BCUT2D eigenvalue weighted by molar-refractivity contribution is 7.09. The molecule has 3 aromatic rings. The van der Waals surface area contributed by atoms with Crippen molar-refractivity contribution in [2.24, 2.45) is 5.92 Å². The van der Waals surface area contributed by atoms with Gasteiger partial charge in [0.25, 0.3) is 11.6 Å². The number of non-ortho nitro benzene ring substituents is 1. The molecule has 1 aromatic heterocycles. The predicted molar refractivity (Wildman–Crippen MR) is 124 cm³/mol. The zero-order valence-electron chi connectivity index (χ0n) is 17.9. The lowest BCUT2D eigenvalue weighted by Gasteiger charge is -2.31. The summed E-state index contributed by atoms with van der Waals surface area (Å²) in [4.78, 5) is 29.6. The van der Waals surface area contributed by atoms with Crippen LogP contribution in [0.3, 0.4) is 0 Å². The van der Waals surface area contributed by atoms with E-state index in [-0.39, 0.29) is 11.6 Å². The van der Waals surface area contributed by atoms with Gasteiger partial charge in [-0.05, 0) is 43.4 Å². The number of hydrogen-bond donors (Lipinski definition) is 1. The first-order valence-electron chi connectivity index (χ1n) is 10.6. The molecular formula is C23H25N5O3S. The summed E-state index contributed by atoms with van der Waals surface area (Å²) in [5, 5.41) is 14.6. The van der Waals surface area contributed by atoms with E-state index in [1.165, 1.54) is 46.9 Å². The van der Waals surface area contributed by atoms with Crippen LogP contribution in [0.5, 0.6) is 0 Å². The molecule has 0 spiro atoms. The van der Waals surface area contributed by atoms with E-state index in [1.54, 1.807) is 0 Å². The molecular weight excluding hydrogens is 426 g/mol. The van der Waals surface area contributed by atoms with E-state index in [1.807, 2.05) is 0 Å². The van der Waals surface area contributed by atoms with E-state index in [0.717, 1.165) is 43.3 Å². The molecule has 1 amide bonds. The fraction of sp³-hybridized carbons (Fsp3) is 0.348. The van der Waals surface area contributed by atoms with Crippen LogP contribution in [0, 0.1) is 23.0 Å². The minimum atomic E-state index is -0.473. The average molecular weight is 452 g/mol. The molecule has 0 bridgehead atoms. The number of aryl methyl sites for hydroxylation is 1. The molecule has 0 aliphatic carbocycles. The normalized spacial score (nSPS) is 14.3. The smallest absolute Gasteiger partial charge is 0.269 e. The summed E-state index contributed by atoms with van der Waals surface area (Å²) >= 11 is 1.45. The number of nitro benzene ring substituents is 1. The second-order valence-corrected chi connectivity index (χ2v) is 8.83. The first-order chi connectivity index (χ1) is 15.5. The van der Waals surface area contributed by atoms with Crippen LogP contribution in [0.4, 0.5) is 10.8 Å². The maximum atomic E-state index is 12.3. The van der Waals surface area contributed by atoms with Gasteiger partial charge in [-0.1, -0.05) is 29.8 Å². The number of nitrogens with zero attached hydrogens (tertiary/aromatic N) is 4. The average Bonchev–Trinajstić information content (AvgIpc) is 3.28. The first-order valence-corrected chi connectivity index (χ1v) is 11.4. The molecule has 1 N–H and O–H groups in total. The fourth-order valence-corrected chi connectivity index (χ4v) is 4.47. The maximum absolute atomic E-state index is 12.3. The minimum Gasteiger partial charge on any atom is -0.352 e. The summed E-state index contributed by atoms with van der Waals surface area (Å²) in [6.45, 7) is 4.45. The van der Waals surface area contributed by atoms with Gasteiger partial charge in [0.2, 0.25) is 5.13 Å². The van der Waals surface area contributed by atoms with Gasteiger partial charge in [-0.2, -0.15) is 4.37 Å². The van der Waals surface area contributed by atoms with Crippen molar-refractivity contribution in [1.82, 2.24) is 14.7 Å². The standard InChI is InChI=1S/C23H25N5O3S/c1-16-2-4-17(5-3-16)14-21-25-23(32-26-21)27-12-10-18(11-13-27)15-24-22(29)19-6-8-20(9-7-19)28(30)31/h2-9,18H,10-15H2,1H3,(H,24,29). The number of piperidine rings is 1. The lowest BCUT2D eigenvalue weighted by atomic mass is 9.97. The number of carbonyl (C=O) groups is 1. The van der Waals surface area contributed by atoms with Crippen molar-refractivity contribution in [2.45, 2.75) is 26.2 Å². The van der Waals surface area contributed by atoms with Gasteiger partial charge in [-0.3, -0.25) is 14.9 Å². The zero-order valence-corrected chi connectivity index (χ0v) is 18.7. The van der Waals surface area contributed by atoms with E-state index < -0.39 is 4.92 Å². The van der Waals surface area contributed by atoms with Crippen LogP contribution in [0.15, 0.2) is 48.5 Å². The Morgan fingerprint density at radius 1 is 1.16 bits per heavy atom. The third-order valence-electron chi connectivity index (χ3n) is 5.72. The lowest BCUT2D eigenvalue weighted by Crippen LogP contribution is -2.38. The Hall–Kier alpha value is -3.33. The number of nitrogens with one attached hydrogen (secondary N) is 1. The maximum Gasteiger partial charge on any atom is 0.269 e. The molecule has 2 heterocycles. The zero-order chi connectivity index (χ0) is 22.5. The van der Waals surface area contributed by atoms with Crippen molar-refractivity contribution in [1.29, 1.82) is 0 Å².